The average molecular weight is 160 g/mol. The molecule has 4 nitrogen and oxygen atoms in total. The molecule has 0 amide bonds. The zero-order chi connectivity index (χ0) is 8.91. The van der Waals surface area contributed by atoms with Crippen molar-refractivity contribution < 1.29 is 19.7 Å². The standard InChI is InChI=1S/C7H12O4/c1-4-5-10-6(8)7(2,3)11-9/h4,9H,1,5H2,2-3H3. The number of carbonyl (C=O) groups is 1. The van der Waals surface area contributed by atoms with Crippen LogP contribution in [-0.4, -0.2) is 23.4 Å². The van der Waals surface area contributed by atoms with Gasteiger partial charge in [-0.1, -0.05) is 12.7 Å². The van der Waals surface area contributed by atoms with E-state index in [1.165, 1.54) is 19.9 Å². The molecule has 0 unspecified atom stereocenters. The van der Waals surface area contributed by atoms with Gasteiger partial charge in [-0.05, 0) is 13.8 Å². The maximum Gasteiger partial charge on any atom is 0.341 e. The molecule has 4 heteroatoms. The molecule has 0 fully saturated rings. The van der Waals surface area contributed by atoms with Crippen LogP contribution in [0.15, 0.2) is 12.7 Å². The Kier molecular flexibility index (Phi) is 3.78. The molecule has 0 aromatic heterocycles. The smallest absolute Gasteiger partial charge is 0.341 e. The minimum Gasteiger partial charge on any atom is -0.459 e. The molecule has 0 aliphatic rings. The van der Waals surface area contributed by atoms with Crippen molar-refractivity contribution >= 4 is 5.97 Å². The quantitative estimate of drug-likeness (QED) is 0.288. The molecule has 0 aromatic carbocycles. The Hall–Kier alpha value is -0.870. The van der Waals surface area contributed by atoms with E-state index in [1.54, 1.807) is 0 Å². The minimum absolute atomic E-state index is 0.117. The Morgan fingerprint density at radius 3 is 2.64 bits per heavy atom. The van der Waals surface area contributed by atoms with E-state index in [9.17, 15) is 4.79 Å². The Morgan fingerprint density at radius 1 is 1.73 bits per heavy atom. The zero-order valence-corrected chi connectivity index (χ0v) is 6.66. The lowest BCUT2D eigenvalue weighted by molar-refractivity contribution is -0.308. The van der Waals surface area contributed by atoms with E-state index in [0.29, 0.717) is 0 Å². The van der Waals surface area contributed by atoms with Gasteiger partial charge in [0.05, 0.1) is 0 Å². The molecular formula is C7H12O4. The van der Waals surface area contributed by atoms with Gasteiger partial charge < -0.3 is 4.74 Å². The highest BCUT2D eigenvalue weighted by Crippen LogP contribution is 2.08. The van der Waals surface area contributed by atoms with E-state index in [0.717, 1.165) is 0 Å². The van der Waals surface area contributed by atoms with Crippen molar-refractivity contribution in [2.75, 3.05) is 6.61 Å². The van der Waals surface area contributed by atoms with Gasteiger partial charge in [0, 0.05) is 0 Å². The summed E-state index contributed by atoms with van der Waals surface area (Å²) in [6.07, 6.45) is 1.44. The number of hydrogen-bond acceptors (Lipinski definition) is 4. The van der Waals surface area contributed by atoms with Gasteiger partial charge in [0.2, 0.25) is 0 Å². The fourth-order valence-electron chi connectivity index (χ4n) is 0.346. The van der Waals surface area contributed by atoms with Gasteiger partial charge in [-0.3, -0.25) is 5.26 Å². The molecule has 0 radical (unpaired) electrons. The second-order valence-corrected chi connectivity index (χ2v) is 2.49. The zero-order valence-electron chi connectivity index (χ0n) is 6.66. The summed E-state index contributed by atoms with van der Waals surface area (Å²) >= 11 is 0. The first kappa shape index (κ1) is 10.1. The lowest BCUT2D eigenvalue weighted by atomic mass is 10.1. The highest BCUT2D eigenvalue weighted by molar-refractivity contribution is 5.78. The number of ether oxygens (including phenoxy) is 1. The third kappa shape index (κ3) is 3.15. The summed E-state index contributed by atoms with van der Waals surface area (Å²) in [4.78, 5) is 14.8. The van der Waals surface area contributed by atoms with E-state index in [1.807, 2.05) is 0 Å². The van der Waals surface area contributed by atoms with Gasteiger partial charge in [0.25, 0.3) is 0 Å². The molecule has 0 aliphatic heterocycles. The minimum atomic E-state index is -1.30. The number of carbonyl (C=O) groups excluding carboxylic acids is 1. The van der Waals surface area contributed by atoms with Crippen LogP contribution in [0.1, 0.15) is 13.8 Å². The second kappa shape index (κ2) is 4.10. The predicted molar refractivity (Wildman–Crippen MR) is 38.9 cm³/mol. The fourth-order valence-corrected chi connectivity index (χ4v) is 0.346. The lowest BCUT2D eigenvalue weighted by Gasteiger charge is -2.17. The van der Waals surface area contributed by atoms with Gasteiger partial charge in [0.15, 0.2) is 5.60 Å². The molecule has 64 valence electrons. The maximum atomic E-state index is 10.9. The van der Waals surface area contributed by atoms with Crippen molar-refractivity contribution in [1.29, 1.82) is 0 Å². The van der Waals surface area contributed by atoms with E-state index in [2.05, 4.69) is 16.2 Å². The Morgan fingerprint density at radius 2 is 2.27 bits per heavy atom. The van der Waals surface area contributed by atoms with Crippen LogP contribution < -0.4 is 0 Å². The summed E-state index contributed by atoms with van der Waals surface area (Å²) in [5.74, 6) is -0.625. The number of hydrogen-bond donors (Lipinski definition) is 1. The van der Waals surface area contributed by atoms with Crippen molar-refractivity contribution in [2.45, 2.75) is 19.4 Å². The summed E-state index contributed by atoms with van der Waals surface area (Å²) in [5.41, 5.74) is -1.30. The first-order valence-electron chi connectivity index (χ1n) is 3.15. The first-order chi connectivity index (χ1) is 5.04. The lowest BCUT2D eigenvalue weighted by Crippen LogP contribution is -2.35. The molecule has 0 aliphatic carbocycles. The SMILES string of the molecule is C=CCOC(=O)C(C)(C)OO. The van der Waals surface area contributed by atoms with Crippen molar-refractivity contribution in [1.82, 2.24) is 0 Å². The maximum absolute atomic E-state index is 10.9. The number of esters is 1. The monoisotopic (exact) mass is 160 g/mol. The molecule has 0 saturated heterocycles. The first-order valence-corrected chi connectivity index (χ1v) is 3.15. The van der Waals surface area contributed by atoms with E-state index in [-0.39, 0.29) is 6.61 Å². The molecule has 11 heavy (non-hydrogen) atoms. The fraction of sp³-hybridized carbons (Fsp3) is 0.571. The Balaban J connectivity index is 3.91. The summed E-state index contributed by atoms with van der Waals surface area (Å²) in [6.45, 7) is 6.28. The molecule has 0 saturated carbocycles. The van der Waals surface area contributed by atoms with E-state index >= 15 is 0 Å². The van der Waals surface area contributed by atoms with Crippen LogP contribution in [0.2, 0.25) is 0 Å². The summed E-state index contributed by atoms with van der Waals surface area (Å²) in [7, 11) is 0. The molecule has 0 atom stereocenters. The van der Waals surface area contributed by atoms with Crippen LogP contribution >= 0.6 is 0 Å². The third-order valence-electron chi connectivity index (χ3n) is 1.05. The van der Waals surface area contributed by atoms with Crippen LogP contribution in [0.3, 0.4) is 0 Å². The van der Waals surface area contributed by atoms with Crippen molar-refractivity contribution in [3.05, 3.63) is 12.7 Å². The largest absolute Gasteiger partial charge is 0.459 e. The summed E-state index contributed by atoms with van der Waals surface area (Å²) < 4.78 is 4.60. The normalized spacial score (nSPS) is 10.8. The van der Waals surface area contributed by atoms with Crippen LogP contribution in [-0.2, 0) is 14.4 Å². The molecule has 0 spiro atoms. The van der Waals surface area contributed by atoms with Gasteiger partial charge in [0.1, 0.15) is 6.61 Å². The third-order valence-corrected chi connectivity index (χ3v) is 1.05. The van der Waals surface area contributed by atoms with Gasteiger partial charge in [-0.25, -0.2) is 9.68 Å². The van der Waals surface area contributed by atoms with Crippen LogP contribution in [0.5, 0.6) is 0 Å². The second-order valence-electron chi connectivity index (χ2n) is 2.49. The predicted octanol–water partition coefficient (Wildman–Crippen LogP) is 0.984. The Bertz CT molecular complexity index is 151. The van der Waals surface area contributed by atoms with Crippen molar-refractivity contribution in [3.8, 4) is 0 Å². The van der Waals surface area contributed by atoms with Crippen molar-refractivity contribution in [2.24, 2.45) is 0 Å². The van der Waals surface area contributed by atoms with E-state index < -0.39 is 11.6 Å². The van der Waals surface area contributed by atoms with Crippen LogP contribution in [0.4, 0.5) is 0 Å². The van der Waals surface area contributed by atoms with Gasteiger partial charge in [-0.15, -0.1) is 0 Å². The highest BCUT2D eigenvalue weighted by Gasteiger charge is 2.30. The number of rotatable bonds is 4. The molecular weight excluding hydrogens is 148 g/mol. The Labute approximate surface area is 65.4 Å². The van der Waals surface area contributed by atoms with E-state index in [4.69, 9.17) is 5.26 Å². The molecule has 1 N–H and O–H groups in total. The molecule has 0 bridgehead atoms. The van der Waals surface area contributed by atoms with Crippen molar-refractivity contribution in [3.63, 3.8) is 0 Å². The van der Waals surface area contributed by atoms with Crippen LogP contribution in [0, 0.1) is 0 Å². The summed E-state index contributed by atoms with van der Waals surface area (Å²) in [6, 6.07) is 0. The molecule has 0 rings (SSSR count). The molecule has 0 aromatic rings. The molecule has 0 heterocycles. The average Bonchev–Trinajstić information content (AvgIpc) is 2.00. The van der Waals surface area contributed by atoms with Gasteiger partial charge >= 0.3 is 5.97 Å². The summed E-state index contributed by atoms with van der Waals surface area (Å²) in [5, 5.41) is 8.24. The topological polar surface area (TPSA) is 55.8 Å². The van der Waals surface area contributed by atoms with Crippen LogP contribution in [0.25, 0.3) is 0 Å². The highest BCUT2D eigenvalue weighted by atomic mass is 17.1. The van der Waals surface area contributed by atoms with Gasteiger partial charge in [-0.2, -0.15) is 0 Å².